The molecule has 0 saturated heterocycles. The minimum Gasteiger partial charge on any atom is -0.307 e. The lowest BCUT2D eigenvalue weighted by molar-refractivity contribution is 0.424. The number of hydrogen-bond acceptors (Lipinski definition) is 4. The van der Waals surface area contributed by atoms with E-state index in [1.807, 2.05) is 4.68 Å². The van der Waals surface area contributed by atoms with Crippen LogP contribution in [0.1, 0.15) is 57.1 Å². The van der Waals surface area contributed by atoms with Crippen LogP contribution in [0.15, 0.2) is 18.6 Å². The van der Waals surface area contributed by atoms with Gasteiger partial charge in [-0.1, -0.05) is 13.8 Å². The van der Waals surface area contributed by atoms with Crippen molar-refractivity contribution in [1.82, 2.24) is 29.9 Å². The van der Waals surface area contributed by atoms with Gasteiger partial charge in [0.25, 0.3) is 0 Å². The van der Waals surface area contributed by atoms with Crippen LogP contribution in [-0.4, -0.2) is 30.6 Å². The average Bonchev–Trinajstić information content (AvgIpc) is 3.04. The van der Waals surface area contributed by atoms with Crippen LogP contribution in [-0.2, 0) is 13.1 Å². The number of hydrogen-bond donors (Lipinski definition) is 1. The Morgan fingerprint density at radius 2 is 2.10 bits per heavy atom. The van der Waals surface area contributed by atoms with E-state index < -0.39 is 0 Å². The highest BCUT2D eigenvalue weighted by Crippen LogP contribution is 2.18. The summed E-state index contributed by atoms with van der Waals surface area (Å²) in [7, 11) is 0. The summed E-state index contributed by atoms with van der Waals surface area (Å²) < 4.78 is 3.94. The summed E-state index contributed by atoms with van der Waals surface area (Å²) in [4.78, 5) is 4.34. The van der Waals surface area contributed by atoms with E-state index in [1.165, 1.54) is 12.8 Å². The molecule has 0 aliphatic heterocycles. The Morgan fingerprint density at radius 3 is 2.81 bits per heavy atom. The molecule has 2 aromatic rings. The summed E-state index contributed by atoms with van der Waals surface area (Å²) in [6.45, 7) is 5.85. The smallest absolute Gasteiger partial charge is 0.164 e. The molecule has 1 N–H and O–H groups in total. The van der Waals surface area contributed by atoms with Gasteiger partial charge in [-0.25, -0.2) is 9.67 Å². The zero-order valence-corrected chi connectivity index (χ0v) is 12.9. The van der Waals surface area contributed by atoms with Gasteiger partial charge in [0.05, 0.1) is 24.8 Å². The van der Waals surface area contributed by atoms with Crippen molar-refractivity contribution in [1.29, 1.82) is 0 Å². The Bertz CT molecular complexity index is 564. The zero-order chi connectivity index (χ0) is 14.7. The lowest BCUT2D eigenvalue weighted by atomic mass is 10.2. The maximum atomic E-state index is 4.65. The van der Waals surface area contributed by atoms with Crippen molar-refractivity contribution in [2.24, 2.45) is 0 Å². The predicted molar refractivity (Wildman–Crippen MR) is 80.8 cm³/mol. The molecule has 1 fully saturated rings. The third kappa shape index (κ3) is 3.69. The third-order valence-corrected chi connectivity index (χ3v) is 4.01. The van der Waals surface area contributed by atoms with Crippen LogP contribution in [0.4, 0.5) is 0 Å². The topological polar surface area (TPSA) is 60.6 Å². The van der Waals surface area contributed by atoms with Crippen LogP contribution in [0.25, 0.3) is 0 Å². The fourth-order valence-electron chi connectivity index (χ4n) is 2.51. The van der Waals surface area contributed by atoms with E-state index in [9.17, 15) is 0 Å². The molecule has 21 heavy (non-hydrogen) atoms. The quantitative estimate of drug-likeness (QED) is 0.808. The van der Waals surface area contributed by atoms with Gasteiger partial charge in [-0.2, -0.15) is 10.2 Å². The van der Waals surface area contributed by atoms with Crippen molar-refractivity contribution >= 4 is 0 Å². The van der Waals surface area contributed by atoms with Crippen molar-refractivity contribution in [3.05, 3.63) is 30.1 Å². The number of nitrogens with zero attached hydrogens (tertiary/aromatic N) is 5. The van der Waals surface area contributed by atoms with Gasteiger partial charge < -0.3 is 5.32 Å². The van der Waals surface area contributed by atoms with Crippen LogP contribution in [0, 0.1) is 0 Å². The second-order valence-electron chi connectivity index (χ2n) is 5.77. The van der Waals surface area contributed by atoms with Crippen LogP contribution >= 0.6 is 0 Å². The zero-order valence-electron chi connectivity index (χ0n) is 12.9. The largest absolute Gasteiger partial charge is 0.307 e. The second-order valence-corrected chi connectivity index (χ2v) is 5.77. The molecule has 6 nitrogen and oxygen atoms in total. The first-order valence-electron chi connectivity index (χ1n) is 7.94. The van der Waals surface area contributed by atoms with Crippen molar-refractivity contribution in [2.75, 3.05) is 0 Å². The molecule has 1 aliphatic rings. The number of nitrogens with one attached hydrogen (secondary N) is 1. The van der Waals surface area contributed by atoms with Crippen LogP contribution in [0.3, 0.4) is 0 Å². The molecule has 3 rings (SSSR count). The lowest BCUT2D eigenvalue weighted by Gasteiger charge is -2.12. The molecule has 1 saturated carbocycles. The second kappa shape index (κ2) is 6.39. The molecular formula is C15H24N6. The molecule has 0 aromatic carbocycles. The van der Waals surface area contributed by atoms with Gasteiger partial charge in [0.15, 0.2) is 5.82 Å². The van der Waals surface area contributed by atoms with Crippen molar-refractivity contribution in [3.8, 4) is 0 Å². The molecule has 0 bridgehead atoms. The lowest BCUT2D eigenvalue weighted by Crippen LogP contribution is -2.16. The average molecular weight is 288 g/mol. The fourth-order valence-corrected chi connectivity index (χ4v) is 2.51. The van der Waals surface area contributed by atoms with Gasteiger partial charge in [0.1, 0.15) is 6.33 Å². The van der Waals surface area contributed by atoms with E-state index in [2.05, 4.69) is 51.3 Å². The van der Waals surface area contributed by atoms with Gasteiger partial charge in [-0.3, -0.25) is 4.68 Å². The molecule has 6 heteroatoms. The van der Waals surface area contributed by atoms with Gasteiger partial charge >= 0.3 is 0 Å². The van der Waals surface area contributed by atoms with Crippen LogP contribution in [0.2, 0.25) is 0 Å². The minimum atomic E-state index is 0.493. The van der Waals surface area contributed by atoms with Crippen LogP contribution < -0.4 is 5.32 Å². The van der Waals surface area contributed by atoms with E-state index in [4.69, 9.17) is 0 Å². The van der Waals surface area contributed by atoms with Gasteiger partial charge in [0, 0.05) is 12.2 Å². The molecule has 0 radical (unpaired) electrons. The summed E-state index contributed by atoms with van der Waals surface area (Å²) in [5.74, 6) is 0.862. The number of rotatable bonds is 8. The summed E-state index contributed by atoms with van der Waals surface area (Å²) >= 11 is 0. The molecule has 0 atom stereocenters. The maximum Gasteiger partial charge on any atom is 0.164 e. The molecule has 0 unspecified atom stereocenters. The highest BCUT2D eigenvalue weighted by atomic mass is 15.4. The first kappa shape index (κ1) is 14.3. The van der Waals surface area contributed by atoms with E-state index in [1.54, 1.807) is 6.33 Å². The molecule has 0 spiro atoms. The Kier molecular flexibility index (Phi) is 4.34. The molecule has 2 aromatic heterocycles. The minimum absolute atomic E-state index is 0.493. The first-order valence-corrected chi connectivity index (χ1v) is 7.94. The van der Waals surface area contributed by atoms with E-state index in [-0.39, 0.29) is 0 Å². The van der Waals surface area contributed by atoms with Crippen molar-refractivity contribution in [3.63, 3.8) is 0 Å². The van der Waals surface area contributed by atoms with Crippen LogP contribution in [0.5, 0.6) is 0 Å². The summed E-state index contributed by atoms with van der Waals surface area (Å²) in [6, 6.07) is 3.25. The summed E-state index contributed by atoms with van der Waals surface area (Å²) in [5.41, 5.74) is 1.04. The SMILES string of the molecule is CCC(CC)n1ccc(Cn2cnc(CNC3CC3)n2)n1. The molecule has 2 heterocycles. The van der Waals surface area contributed by atoms with Gasteiger partial charge in [-0.15, -0.1) is 0 Å². The standard InChI is InChI=1S/C15H24N6/c1-3-14(4-2)21-8-7-13(18-21)10-20-11-17-15(19-20)9-16-12-5-6-12/h7-8,11-12,14,16H,3-6,9-10H2,1-2H3. The van der Waals surface area contributed by atoms with Crippen molar-refractivity contribution < 1.29 is 0 Å². The number of aromatic nitrogens is 5. The summed E-state index contributed by atoms with van der Waals surface area (Å²) in [5, 5.41) is 12.6. The van der Waals surface area contributed by atoms with Gasteiger partial charge in [0.2, 0.25) is 0 Å². The predicted octanol–water partition coefficient (Wildman–Crippen LogP) is 2.14. The van der Waals surface area contributed by atoms with Gasteiger partial charge in [-0.05, 0) is 31.7 Å². The third-order valence-electron chi connectivity index (χ3n) is 4.01. The maximum absolute atomic E-state index is 4.65. The molecule has 114 valence electrons. The monoisotopic (exact) mass is 288 g/mol. The van der Waals surface area contributed by atoms with E-state index in [0.29, 0.717) is 18.6 Å². The molecule has 1 aliphatic carbocycles. The fraction of sp³-hybridized carbons (Fsp3) is 0.667. The molecular weight excluding hydrogens is 264 g/mol. The Morgan fingerprint density at radius 1 is 1.29 bits per heavy atom. The summed E-state index contributed by atoms with van der Waals surface area (Å²) in [6.07, 6.45) is 8.65. The molecule has 0 amide bonds. The Hall–Kier alpha value is -1.69. The highest BCUT2D eigenvalue weighted by molar-refractivity contribution is 5.00. The first-order chi connectivity index (χ1) is 10.3. The normalized spacial score (nSPS) is 15.0. The Labute approximate surface area is 125 Å². The van der Waals surface area contributed by atoms with E-state index >= 15 is 0 Å². The highest BCUT2D eigenvalue weighted by Gasteiger charge is 2.20. The van der Waals surface area contributed by atoms with E-state index in [0.717, 1.165) is 30.9 Å². The van der Waals surface area contributed by atoms with Crippen molar-refractivity contribution in [2.45, 2.75) is 64.7 Å². The Balaban J connectivity index is 1.58.